The molecule has 4 aromatic carbocycles. The molecule has 0 aliphatic carbocycles. The molecule has 4 aromatic rings. The summed E-state index contributed by atoms with van der Waals surface area (Å²) in [6.07, 6.45) is 0. The molecule has 0 radical (unpaired) electrons. The van der Waals surface area contributed by atoms with Crippen LogP contribution in [0.2, 0.25) is 10.0 Å². The molecule has 1 aliphatic rings. The summed E-state index contributed by atoms with van der Waals surface area (Å²) in [6.45, 7) is 1.18. The number of piperazine rings is 1. The topological polar surface area (TPSA) is 60.9 Å². The van der Waals surface area contributed by atoms with Gasteiger partial charge in [-0.3, -0.25) is 9.69 Å². The van der Waals surface area contributed by atoms with Gasteiger partial charge in [-0.05, 0) is 47.5 Å². The van der Waals surface area contributed by atoms with E-state index in [0.29, 0.717) is 31.2 Å². The zero-order chi connectivity index (χ0) is 29.7. The molecule has 0 unspecified atom stereocenters. The molecule has 1 saturated heterocycles. The number of carbonyl (C=O) groups excluding carboxylic acids is 1. The van der Waals surface area contributed by atoms with Crippen LogP contribution in [-0.2, 0) is 21.4 Å². The molecule has 10 heteroatoms. The quantitative estimate of drug-likeness (QED) is 0.220. The van der Waals surface area contributed by atoms with Crippen molar-refractivity contribution in [1.29, 1.82) is 0 Å². The van der Waals surface area contributed by atoms with Gasteiger partial charge in [0.1, 0.15) is 5.82 Å². The lowest BCUT2D eigenvalue weighted by atomic mass is 9.96. The molecule has 0 atom stereocenters. The third-order valence-electron chi connectivity index (χ3n) is 7.42. The first kappa shape index (κ1) is 30.2. The van der Waals surface area contributed by atoms with E-state index in [1.807, 2.05) is 36.4 Å². The van der Waals surface area contributed by atoms with E-state index in [9.17, 15) is 17.6 Å². The third kappa shape index (κ3) is 6.85. The average molecular weight is 627 g/mol. The Hall–Kier alpha value is -3.27. The summed E-state index contributed by atoms with van der Waals surface area (Å²) < 4.78 is 43.1. The molecule has 218 valence electrons. The normalized spacial score (nSPS) is 14.5. The van der Waals surface area contributed by atoms with Crippen molar-refractivity contribution < 1.29 is 17.6 Å². The van der Waals surface area contributed by atoms with E-state index in [-0.39, 0.29) is 27.4 Å². The van der Waals surface area contributed by atoms with Crippen LogP contribution in [0.4, 0.5) is 4.39 Å². The number of sulfonamides is 1. The zero-order valence-corrected chi connectivity index (χ0v) is 25.1. The first-order valence-corrected chi connectivity index (χ1v) is 15.7. The van der Waals surface area contributed by atoms with E-state index in [0.717, 1.165) is 15.4 Å². The Kier molecular flexibility index (Phi) is 9.60. The average Bonchev–Trinajstić information content (AvgIpc) is 3.00. The lowest BCUT2D eigenvalue weighted by Crippen LogP contribution is -2.52. The highest BCUT2D eigenvalue weighted by molar-refractivity contribution is 7.89. The molecule has 0 N–H and O–H groups in total. The number of benzene rings is 4. The first-order chi connectivity index (χ1) is 20.2. The van der Waals surface area contributed by atoms with Gasteiger partial charge in [0.2, 0.25) is 15.9 Å². The predicted octanol–water partition coefficient (Wildman–Crippen LogP) is 6.26. The van der Waals surface area contributed by atoms with E-state index in [4.69, 9.17) is 23.2 Å². The van der Waals surface area contributed by atoms with Crippen molar-refractivity contribution in [3.8, 4) is 0 Å². The van der Waals surface area contributed by atoms with Crippen LogP contribution in [0.5, 0.6) is 0 Å². The van der Waals surface area contributed by atoms with Crippen molar-refractivity contribution in [1.82, 2.24) is 14.1 Å². The molecule has 0 aromatic heterocycles. The van der Waals surface area contributed by atoms with Crippen molar-refractivity contribution >= 4 is 39.1 Å². The predicted molar refractivity (Wildman–Crippen MR) is 163 cm³/mol. The Morgan fingerprint density at radius 3 is 1.90 bits per heavy atom. The maximum Gasteiger partial charge on any atom is 0.243 e. The van der Waals surface area contributed by atoms with Crippen LogP contribution < -0.4 is 0 Å². The van der Waals surface area contributed by atoms with Crippen LogP contribution in [-0.4, -0.2) is 61.2 Å². The van der Waals surface area contributed by atoms with Gasteiger partial charge >= 0.3 is 0 Å². The van der Waals surface area contributed by atoms with Crippen LogP contribution in [0.3, 0.4) is 0 Å². The van der Waals surface area contributed by atoms with Gasteiger partial charge in [-0.2, -0.15) is 4.31 Å². The maximum atomic E-state index is 14.7. The molecule has 1 amide bonds. The van der Waals surface area contributed by atoms with Gasteiger partial charge in [-0.15, -0.1) is 0 Å². The maximum absolute atomic E-state index is 14.7. The number of halogens is 3. The summed E-state index contributed by atoms with van der Waals surface area (Å²) in [7, 11) is -4.19. The van der Waals surface area contributed by atoms with E-state index in [1.165, 1.54) is 42.5 Å². The minimum atomic E-state index is -4.19. The smallest absolute Gasteiger partial charge is 0.243 e. The van der Waals surface area contributed by atoms with Crippen LogP contribution in [0.1, 0.15) is 22.7 Å². The molecule has 5 rings (SSSR count). The number of hydrogen-bond donors (Lipinski definition) is 0. The fourth-order valence-electron chi connectivity index (χ4n) is 5.21. The summed E-state index contributed by atoms with van der Waals surface area (Å²) in [5, 5.41) is 0.455. The van der Waals surface area contributed by atoms with Crippen molar-refractivity contribution in [3.63, 3.8) is 0 Å². The second-order valence-corrected chi connectivity index (χ2v) is 12.8. The van der Waals surface area contributed by atoms with Gasteiger partial charge in [-0.1, -0.05) is 89.9 Å². The molecule has 1 aliphatic heterocycles. The summed E-state index contributed by atoms with van der Waals surface area (Å²) >= 11 is 12.2. The minimum absolute atomic E-state index is 0.00267. The molecule has 1 fully saturated rings. The van der Waals surface area contributed by atoms with Crippen LogP contribution in [0, 0.1) is 5.82 Å². The number of carbonyl (C=O) groups is 1. The number of rotatable bonds is 9. The number of hydrogen-bond acceptors (Lipinski definition) is 4. The van der Waals surface area contributed by atoms with Crippen molar-refractivity contribution in [2.45, 2.75) is 17.5 Å². The third-order valence-corrected chi connectivity index (χ3v) is 9.83. The van der Waals surface area contributed by atoms with Crippen molar-refractivity contribution in [2.24, 2.45) is 0 Å². The highest BCUT2D eigenvalue weighted by Gasteiger charge is 2.33. The van der Waals surface area contributed by atoms with Gasteiger partial charge in [0.15, 0.2) is 0 Å². The number of nitrogens with zero attached hydrogens (tertiary/aromatic N) is 3. The molecular weight excluding hydrogens is 596 g/mol. The van der Waals surface area contributed by atoms with Crippen molar-refractivity contribution in [3.05, 3.63) is 136 Å². The zero-order valence-electron chi connectivity index (χ0n) is 22.7. The fourth-order valence-corrected chi connectivity index (χ4v) is 6.91. The molecule has 1 heterocycles. The Morgan fingerprint density at radius 1 is 0.786 bits per heavy atom. The lowest BCUT2D eigenvalue weighted by Gasteiger charge is -2.40. The van der Waals surface area contributed by atoms with E-state index < -0.39 is 28.9 Å². The van der Waals surface area contributed by atoms with Gasteiger partial charge in [0.05, 0.1) is 17.5 Å². The second kappa shape index (κ2) is 13.4. The molecule has 0 bridgehead atoms. The standard InChI is InChI=1S/C32H30Cl2FN3O3S/c33-26-14-16-27(17-15-26)42(40,41)38(22-28-29(34)12-7-13-30(28)35)23-31(39)36-18-20-37(21-19-36)32(24-8-3-1-4-9-24)25-10-5-2-6-11-25/h1-17,32H,18-23H2. The molecule has 6 nitrogen and oxygen atoms in total. The van der Waals surface area contributed by atoms with Crippen LogP contribution >= 0.6 is 23.2 Å². The molecular formula is C32H30Cl2FN3O3S. The lowest BCUT2D eigenvalue weighted by molar-refractivity contribution is -0.133. The van der Waals surface area contributed by atoms with E-state index in [1.54, 1.807) is 4.90 Å². The van der Waals surface area contributed by atoms with Crippen LogP contribution in [0.15, 0.2) is 108 Å². The SMILES string of the molecule is O=C(CN(Cc1c(F)cccc1Cl)S(=O)(=O)c1ccc(Cl)cc1)N1CCN(C(c2ccccc2)c2ccccc2)CC1. The summed E-state index contributed by atoms with van der Waals surface area (Å²) in [6, 6.07) is 30.3. The first-order valence-electron chi connectivity index (χ1n) is 13.5. The number of amides is 1. The summed E-state index contributed by atoms with van der Waals surface area (Å²) in [5.41, 5.74) is 2.32. The van der Waals surface area contributed by atoms with Crippen molar-refractivity contribution in [2.75, 3.05) is 32.7 Å². The van der Waals surface area contributed by atoms with Gasteiger partial charge in [-0.25, -0.2) is 12.8 Å². The van der Waals surface area contributed by atoms with Gasteiger partial charge < -0.3 is 4.90 Å². The Bertz CT molecular complexity index is 1560. The van der Waals surface area contributed by atoms with Gasteiger partial charge in [0.25, 0.3) is 0 Å². The second-order valence-electron chi connectivity index (χ2n) is 10.1. The van der Waals surface area contributed by atoms with Crippen LogP contribution in [0.25, 0.3) is 0 Å². The summed E-state index contributed by atoms with van der Waals surface area (Å²) in [5.74, 6) is -1.01. The largest absolute Gasteiger partial charge is 0.339 e. The Balaban J connectivity index is 1.35. The minimum Gasteiger partial charge on any atom is -0.339 e. The molecule has 42 heavy (non-hydrogen) atoms. The Labute approximate surface area is 255 Å². The Morgan fingerprint density at radius 2 is 1.36 bits per heavy atom. The highest BCUT2D eigenvalue weighted by atomic mass is 35.5. The summed E-state index contributed by atoms with van der Waals surface area (Å²) in [4.78, 5) is 17.5. The van der Waals surface area contributed by atoms with E-state index in [2.05, 4.69) is 29.2 Å². The van der Waals surface area contributed by atoms with Gasteiger partial charge in [0, 0.05) is 48.3 Å². The molecule has 0 saturated carbocycles. The fraction of sp³-hybridized carbons (Fsp3) is 0.219. The highest BCUT2D eigenvalue weighted by Crippen LogP contribution is 2.30. The van der Waals surface area contributed by atoms with E-state index >= 15 is 0 Å². The monoisotopic (exact) mass is 625 g/mol. The molecule has 0 spiro atoms.